The summed E-state index contributed by atoms with van der Waals surface area (Å²) in [5.41, 5.74) is 2.48. The van der Waals surface area contributed by atoms with Crippen molar-refractivity contribution in [2.45, 2.75) is 13.8 Å². The lowest BCUT2D eigenvalue weighted by Crippen LogP contribution is -2.13. The average Bonchev–Trinajstić information content (AvgIpc) is 2.97. The molecule has 0 radical (unpaired) electrons. The Morgan fingerprint density at radius 2 is 1.88 bits per heavy atom. The summed E-state index contributed by atoms with van der Waals surface area (Å²) in [6.45, 7) is 3.14. The molecule has 5 nitrogen and oxygen atoms in total. The number of hydrogen-bond donors (Lipinski definition) is 1. The van der Waals surface area contributed by atoms with Gasteiger partial charge in [0.05, 0.1) is 0 Å². The van der Waals surface area contributed by atoms with Crippen LogP contribution in [-0.2, 0) is 0 Å². The van der Waals surface area contributed by atoms with E-state index in [0.29, 0.717) is 38.9 Å². The summed E-state index contributed by atoms with van der Waals surface area (Å²) in [7, 11) is 0. The number of aromatic nitrogens is 1. The van der Waals surface area contributed by atoms with Crippen molar-refractivity contribution in [1.29, 1.82) is 0 Å². The zero-order valence-corrected chi connectivity index (χ0v) is 14.4. The highest BCUT2D eigenvalue weighted by molar-refractivity contribution is 6.30. The third-order valence-electron chi connectivity index (χ3n) is 3.71. The van der Waals surface area contributed by atoms with Crippen molar-refractivity contribution in [3.05, 3.63) is 70.4 Å². The molecule has 6 heteroatoms. The number of hydrogen-bond acceptors (Lipinski definition) is 4. The number of anilines is 1. The fraction of sp³-hybridized carbons (Fsp3) is 0.105. The van der Waals surface area contributed by atoms with E-state index in [-0.39, 0.29) is 11.7 Å². The van der Waals surface area contributed by atoms with Gasteiger partial charge in [-0.15, -0.1) is 0 Å². The minimum Gasteiger partial charge on any atom is -0.360 e. The highest BCUT2D eigenvalue weighted by atomic mass is 35.5. The van der Waals surface area contributed by atoms with Gasteiger partial charge in [0.2, 0.25) is 0 Å². The van der Waals surface area contributed by atoms with Crippen LogP contribution in [0.4, 0.5) is 5.69 Å². The monoisotopic (exact) mass is 354 g/mol. The predicted octanol–water partition coefficient (Wildman–Crippen LogP) is 4.76. The van der Waals surface area contributed by atoms with E-state index in [4.69, 9.17) is 16.1 Å². The van der Waals surface area contributed by atoms with Crippen LogP contribution < -0.4 is 5.32 Å². The molecule has 0 unspecified atom stereocenters. The standard InChI is InChI=1S/C19H15ClN2O3/c1-11(23)13-5-4-8-16(10-13)21-19(24)17-12(2)25-22-18(17)14-6-3-7-15(20)9-14/h3-10H,1-2H3,(H,21,24). The number of benzene rings is 2. The van der Waals surface area contributed by atoms with Crippen molar-refractivity contribution < 1.29 is 14.1 Å². The first-order chi connectivity index (χ1) is 12.0. The molecule has 0 aliphatic rings. The molecule has 0 spiro atoms. The first-order valence-corrected chi connectivity index (χ1v) is 7.98. The molecule has 0 aliphatic heterocycles. The average molecular weight is 355 g/mol. The molecule has 1 heterocycles. The van der Waals surface area contributed by atoms with E-state index < -0.39 is 0 Å². The zero-order chi connectivity index (χ0) is 18.0. The highest BCUT2D eigenvalue weighted by Gasteiger charge is 2.22. The number of aryl methyl sites for hydroxylation is 1. The lowest BCUT2D eigenvalue weighted by atomic mass is 10.1. The number of Topliss-reactive ketones (excluding diaryl/α,β-unsaturated/α-hetero) is 1. The van der Waals surface area contributed by atoms with Crippen LogP contribution in [0.2, 0.25) is 5.02 Å². The smallest absolute Gasteiger partial charge is 0.261 e. The second-order valence-corrected chi connectivity index (χ2v) is 6.00. The maximum Gasteiger partial charge on any atom is 0.261 e. The van der Waals surface area contributed by atoms with Gasteiger partial charge in [0.25, 0.3) is 5.91 Å². The molecular formula is C19H15ClN2O3. The molecule has 0 fully saturated rings. The van der Waals surface area contributed by atoms with Crippen LogP contribution in [0.1, 0.15) is 33.4 Å². The largest absolute Gasteiger partial charge is 0.360 e. The first kappa shape index (κ1) is 16.9. The van der Waals surface area contributed by atoms with E-state index in [1.165, 1.54) is 6.92 Å². The lowest BCUT2D eigenvalue weighted by molar-refractivity contribution is 0.101. The van der Waals surface area contributed by atoms with Gasteiger partial charge < -0.3 is 9.84 Å². The van der Waals surface area contributed by atoms with Crippen LogP contribution in [0.5, 0.6) is 0 Å². The van der Waals surface area contributed by atoms with E-state index in [1.54, 1.807) is 55.5 Å². The predicted molar refractivity (Wildman–Crippen MR) is 96.1 cm³/mol. The third-order valence-corrected chi connectivity index (χ3v) is 3.95. The Morgan fingerprint density at radius 3 is 2.60 bits per heavy atom. The zero-order valence-electron chi connectivity index (χ0n) is 13.7. The van der Waals surface area contributed by atoms with Gasteiger partial charge >= 0.3 is 0 Å². The number of halogens is 1. The Kier molecular flexibility index (Phi) is 4.67. The van der Waals surface area contributed by atoms with E-state index >= 15 is 0 Å². The number of nitrogens with zero attached hydrogens (tertiary/aromatic N) is 1. The molecule has 3 rings (SSSR count). The molecule has 3 aromatic rings. The van der Waals surface area contributed by atoms with Gasteiger partial charge in [-0.25, -0.2) is 0 Å². The third kappa shape index (κ3) is 3.61. The summed E-state index contributed by atoms with van der Waals surface area (Å²) in [4.78, 5) is 24.2. The number of amides is 1. The van der Waals surface area contributed by atoms with Crippen molar-refractivity contribution in [1.82, 2.24) is 5.16 Å². The second kappa shape index (κ2) is 6.91. The fourth-order valence-electron chi connectivity index (χ4n) is 2.48. The Bertz CT molecular complexity index is 963. The van der Waals surface area contributed by atoms with Gasteiger partial charge in [-0.1, -0.05) is 41.0 Å². The molecule has 25 heavy (non-hydrogen) atoms. The quantitative estimate of drug-likeness (QED) is 0.686. The summed E-state index contributed by atoms with van der Waals surface area (Å²) in [5.74, 6) is -0.0403. The van der Waals surface area contributed by atoms with Crippen LogP contribution >= 0.6 is 11.6 Å². The van der Waals surface area contributed by atoms with Gasteiger partial charge in [-0.2, -0.15) is 0 Å². The summed E-state index contributed by atoms with van der Waals surface area (Å²) in [6, 6.07) is 13.8. The van der Waals surface area contributed by atoms with Crippen LogP contribution in [0, 0.1) is 6.92 Å². The summed E-state index contributed by atoms with van der Waals surface area (Å²) < 4.78 is 5.20. The molecule has 126 valence electrons. The SMILES string of the molecule is CC(=O)c1cccc(NC(=O)c2c(-c3cccc(Cl)c3)noc2C)c1. The van der Waals surface area contributed by atoms with E-state index in [0.717, 1.165) is 0 Å². The van der Waals surface area contributed by atoms with Crippen LogP contribution in [0.15, 0.2) is 53.1 Å². The molecule has 1 amide bonds. The summed E-state index contributed by atoms with van der Waals surface area (Å²) >= 11 is 6.02. The molecule has 2 aromatic carbocycles. The Balaban J connectivity index is 1.94. The Morgan fingerprint density at radius 1 is 1.12 bits per heavy atom. The Hall–Kier alpha value is -2.92. The molecule has 1 N–H and O–H groups in total. The second-order valence-electron chi connectivity index (χ2n) is 5.56. The van der Waals surface area contributed by atoms with Crippen LogP contribution in [0.3, 0.4) is 0 Å². The van der Waals surface area contributed by atoms with E-state index in [1.807, 2.05) is 0 Å². The van der Waals surface area contributed by atoms with Gasteiger partial charge in [0, 0.05) is 21.8 Å². The highest BCUT2D eigenvalue weighted by Crippen LogP contribution is 2.28. The molecule has 0 aliphatic carbocycles. The first-order valence-electron chi connectivity index (χ1n) is 7.60. The number of nitrogens with one attached hydrogen (secondary N) is 1. The van der Waals surface area contributed by atoms with Gasteiger partial charge in [0.1, 0.15) is 17.0 Å². The molecule has 0 atom stereocenters. The van der Waals surface area contributed by atoms with E-state index in [9.17, 15) is 9.59 Å². The lowest BCUT2D eigenvalue weighted by Gasteiger charge is -2.07. The normalized spacial score (nSPS) is 10.5. The fourth-order valence-corrected chi connectivity index (χ4v) is 2.67. The number of rotatable bonds is 4. The number of ketones is 1. The topological polar surface area (TPSA) is 72.2 Å². The van der Waals surface area contributed by atoms with Gasteiger partial charge in [0.15, 0.2) is 5.78 Å². The maximum atomic E-state index is 12.7. The molecule has 0 saturated heterocycles. The summed E-state index contributed by atoms with van der Waals surface area (Å²) in [6.07, 6.45) is 0. The minimum atomic E-state index is -0.366. The van der Waals surface area contributed by atoms with Gasteiger partial charge in [-0.3, -0.25) is 9.59 Å². The number of carbonyl (C=O) groups is 2. The summed E-state index contributed by atoms with van der Waals surface area (Å²) in [5, 5.41) is 7.31. The minimum absolute atomic E-state index is 0.0723. The van der Waals surface area contributed by atoms with Crippen molar-refractivity contribution in [2.24, 2.45) is 0 Å². The van der Waals surface area contributed by atoms with Crippen LogP contribution in [0.25, 0.3) is 11.3 Å². The molecule has 0 saturated carbocycles. The van der Waals surface area contributed by atoms with Crippen LogP contribution in [-0.4, -0.2) is 16.8 Å². The molecule has 1 aromatic heterocycles. The van der Waals surface area contributed by atoms with Crippen molar-refractivity contribution in [2.75, 3.05) is 5.32 Å². The van der Waals surface area contributed by atoms with Gasteiger partial charge in [-0.05, 0) is 38.1 Å². The Labute approximate surface area is 149 Å². The van der Waals surface area contributed by atoms with Crippen molar-refractivity contribution in [3.63, 3.8) is 0 Å². The van der Waals surface area contributed by atoms with Crippen molar-refractivity contribution >= 4 is 29.0 Å². The molecular weight excluding hydrogens is 340 g/mol. The number of carbonyl (C=O) groups excluding carboxylic acids is 2. The molecule has 0 bridgehead atoms. The van der Waals surface area contributed by atoms with Crippen molar-refractivity contribution in [3.8, 4) is 11.3 Å². The maximum absolute atomic E-state index is 12.7. The van der Waals surface area contributed by atoms with E-state index in [2.05, 4.69) is 10.5 Å².